The summed E-state index contributed by atoms with van der Waals surface area (Å²) in [5, 5.41) is 8.68. The van der Waals surface area contributed by atoms with E-state index in [0.717, 1.165) is 76.0 Å². The predicted molar refractivity (Wildman–Crippen MR) is 103 cm³/mol. The number of nitrogens with zero attached hydrogens (tertiary/aromatic N) is 1. The molecule has 0 fully saturated rings. The fourth-order valence-corrected chi connectivity index (χ4v) is 2.89. The molecule has 0 saturated heterocycles. The van der Waals surface area contributed by atoms with Crippen molar-refractivity contribution in [2.24, 2.45) is 0 Å². The molecule has 23 heavy (non-hydrogen) atoms. The van der Waals surface area contributed by atoms with Crippen molar-refractivity contribution in [3.05, 3.63) is 0 Å². The minimum Gasteiger partial charge on any atom is -0.481 e. The lowest BCUT2D eigenvalue weighted by Crippen LogP contribution is -2.33. The fraction of sp³-hybridized carbons (Fsp3) is 0.882. The zero-order chi connectivity index (χ0) is 17.3. The fourth-order valence-electron chi connectivity index (χ4n) is 2.45. The van der Waals surface area contributed by atoms with Crippen molar-refractivity contribution in [1.82, 2.24) is 4.90 Å². The molecule has 0 heterocycles. The van der Waals surface area contributed by atoms with E-state index in [1.54, 1.807) is 0 Å². The number of rotatable bonds is 16. The Kier molecular flexibility index (Phi) is 16.2. The summed E-state index contributed by atoms with van der Waals surface area (Å²) in [4.78, 5) is 24.8. The summed E-state index contributed by atoms with van der Waals surface area (Å²) in [5.74, 6) is 1.11. The Labute approximate surface area is 152 Å². The molecular weight excluding hydrogens is 330 g/mol. The number of thiol groups is 2. The van der Waals surface area contributed by atoms with Gasteiger partial charge in [0.15, 0.2) is 0 Å². The molecular formula is C17H33NO3S2. The molecule has 136 valence electrons. The molecule has 0 atom stereocenters. The number of hydrogen-bond acceptors (Lipinski definition) is 4. The first-order valence-corrected chi connectivity index (χ1v) is 10.1. The maximum absolute atomic E-state index is 12.3. The number of carbonyl (C=O) groups excluding carboxylic acids is 1. The molecule has 0 aliphatic carbocycles. The van der Waals surface area contributed by atoms with Crippen molar-refractivity contribution >= 4 is 37.1 Å². The minimum absolute atomic E-state index is 0.0729. The van der Waals surface area contributed by atoms with Crippen LogP contribution in [0.1, 0.15) is 70.6 Å². The standard InChI is InChI=1S/C17H33NO3S2/c19-16(10-9-11-17(20)21)18(12-5-1-3-7-14-22)13-6-2-4-8-15-23/h22-23H,1-15H2,(H,20,21). The van der Waals surface area contributed by atoms with Gasteiger partial charge in [0.05, 0.1) is 0 Å². The Morgan fingerprint density at radius 3 is 1.61 bits per heavy atom. The Morgan fingerprint density at radius 2 is 1.17 bits per heavy atom. The Bertz CT molecular complexity index is 300. The van der Waals surface area contributed by atoms with E-state index in [-0.39, 0.29) is 12.3 Å². The summed E-state index contributed by atoms with van der Waals surface area (Å²) in [6, 6.07) is 0. The first-order chi connectivity index (χ1) is 11.1. The van der Waals surface area contributed by atoms with Crippen molar-refractivity contribution in [2.45, 2.75) is 70.6 Å². The molecule has 1 N–H and O–H groups in total. The number of amides is 1. The van der Waals surface area contributed by atoms with Crippen LogP contribution in [0.5, 0.6) is 0 Å². The van der Waals surface area contributed by atoms with Crippen LogP contribution in [0.3, 0.4) is 0 Å². The summed E-state index contributed by atoms with van der Waals surface area (Å²) in [5.41, 5.74) is 0. The number of carboxylic acid groups (broad SMARTS) is 1. The molecule has 4 nitrogen and oxygen atoms in total. The smallest absolute Gasteiger partial charge is 0.303 e. The highest BCUT2D eigenvalue weighted by Crippen LogP contribution is 2.09. The van der Waals surface area contributed by atoms with Crippen LogP contribution in [-0.4, -0.2) is 46.5 Å². The first kappa shape index (κ1) is 22.6. The molecule has 0 aromatic rings. The second kappa shape index (κ2) is 16.5. The van der Waals surface area contributed by atoms with Crippen LogP contribution in [0.25, 0.3) is 0 Å². The van der Waals surface area contributed by atoms with Gasteiger partial charge in [0.2, 0.25) is 5.91 Å². The number of aliphatic carboxylic acids is 1. The molecule has 0 unspecified atom stereocenters. The molecule has 1 amide bonds. The third-order valence-corrected chi connectivity index (χ3v) is 4.44. The van der Waals surface area contributed by atoms with Gasteiger partial charge in [-0.05, 0) is 43.6 Å². The normalized spacial score (nSPS) is 10.7. The van der Waals surface area contributed by atoms with Crippen LogP contribution in [0.4, 0.5) is 0 Å². The first-order valence-electron chi connectivity index (χ1n) is 8.83. The Balaban J connectivity index is 4.07. The number of carboxylic acids is 1. The summed E-state index contributed by atoms with van der Waals surface area (Å²) < 4.78 is 0. The monoisotopic (exact) mass is 363 g/mol. The minimum atomic E-state index is -0.831. The molecule has 0 spiro atoms. The summed E-state index contributed by atoms with van der Waals surface area (Å²) in [7, 11) is 0. The molecule has 0 aliphatic heterocycles. The van der Waals surface area contributed by atoms with Crippen molar-refractivity contribution in [3.8, 4) is 0 Å². The summed E-state index contributed by atoms with van der Waals surface area (Å²) >= 11 is 8.41. The number of carbonyl (C=O) groups is 2. The molecule has 0 rings (SSSR count). The van der Waals surface area contributed by atoms with Gasteiger partial charge in [0, 0.05) is 25.9 Å². The van der Waals surface area contributed by atoms with Crippen LogP contribution >= 0.6 is 25.3 Å². The van der Waals surface area contributed by atoms with Crippen molar-refractivity contribution in [2.75, 3.05) is 24.6 Å². The summed E-state index contributed by atoms with van der Waals surface area (Å²) in [6.07, 6.45) is 9.72. The highest BCUT2D eigenvalue weighted by Gasteiger charge is 2.13. The van der Waals surface area contributed by atoms with Gasteiger partial charge in [-0.3, -0.25) is 9.59 Å². The average molecular weight is 364 g/mol. The van der Waals surface area contributed by atoms with E-state index in [1.807, 2.05) is 4.90 Å². The van der Waals surface area contributed by atoms with Crippen LogP contribution in [0, 0.1) is 0 Å². The van der Waals surface area contributed by atoms with Crippen molar-refractivity contribution in [1.29, 1.82) is 0 Å². The van der Waals surface area contributed by atoms with Gasteiger partial charge in [-0.25, -0.2) is 0 Å². The predicted octanol–water partition coefficient (Wildman–Crippen LogP) is 4.05. The molecule has 0 aromatic carbocycles. The van der Waals surface area contributed by atoms with E-state index < -0.39 is 5.97 Å². The second-order valence-electron chi connectivity index (χ2n) is 5.90. The zero-order valence-electron chi connectivity index (χ0n) is 14.2. The molecule has 6 heteroatoms. The second-order valence-corrected chi connectivity index (χ2v) is 6.80. The maximum atomic E-state index is 12.3. The SMILES string of the molecule is O=C(O)CCCC(=O)N(CCCCCCS)CCCCCCS. The topological polar surface area (TPSA) is 57.6 Å². The lowest BCUT2D eigenvalue weighted by atomic mass is 10.1. The van der Waals surface area contributed by atoms with Gasteiger partial charge in [-0.15, -0.1) is 0 Å². The lowest BCUT2D eigenvalue weighted by molar-refractivity contribution is -0.137. The van der Waals surface area contributed by atoms with E-state index in [2.05, 4.69) is 25.3 Å². The van der Waals surface area contributed by atoms with E-state index in [1.165, 1.54) is 0 Å². The molecule has 0 bridgehead atoms. The third-order valence-electron chi connectivity index (χ3n) is 3.81. The van der Waals surface area contributed by atoms with E-state index in [0.29, 0.717) is 12.8 Å². The Hall–Kier alpha value is -0.360. The van der Waals surface area contributed by atoms with Gasteiger partial charge >= 0.3 is 5.97 Å². The van der Waals surface area contributed by atoms with Crippen LogP contribution in [0.15, 0.2) is 0 Å². The van der Waals surface area contributed by atoms with E-state index in [4.69, 9.17) is 5.11 Å². The van der Waals surface area contributed by atoms with Crippen LogP contribution in [-0.2, 0) is 9.59 Å². The average Bonchev–Trinajstić information content (AvgIpc) is 2.52. The van der Waals surface area contributed by atoms with E-state index in [9.17, 15) is 9.59 Å². The largest absolute Gasteiger partial charge is 0.481 e. The number of hydrogen-bond donors (Lipinski definition) is 3. The maximum Gasteiger partial charge on any atom is 0.303 e. The van der Waals surface area contributed by atoms with Crippen LogP contribution < -0.4 is 0 Å². The quantitative estimate of drug-likeness (QED) is 0.286. The van der Waals surface area contributed by atoms with Gasteiger partial charge < -0.3 is 10.0 Å². The lowest BCUT2D eigenvalue weighted by Gasteiger charge is -2.23. The molecule has 0 saturated carbocycles. The summed E-state index contributed by atoms with van der Waals surface area (Å²) in [6.45, 7) is 1.59. The molecule has 0 radical (unpaired) electrons. The van der Waals surface area contributed by atoms with Gasteiger partial charge in [0.1, 0.15) is 0 Å². The zero-order valence-corrected chi connectivity index (χ0v) is 16.0. The van der Waals surface area contributed by atoms with Crippen LogP contribution in [0.2, 0.25) is 0 Å². The van der Waals surface area contributed by atoms with Gasteiger partial charge in [-0.1, -0.05) is 25.7 Å². The van der Waals surface area contributed by atoms with Gasteiger partial charge in [-0.2, -0.15) is 25.3 Å². The Morgan fingerprint density at radius 1 is 0.696 bits per heavy atom. The number of unbranched alkanes of at least 4 members (excludes halogenated alkanes) is 6. The third kappa shape index (κ3) is 14.9. The highest BCUT2D eigenvalue weighted by molar-refractivity contribution is 7.80. The molecule has 0 aromatic heterocycles. The van der Waals surface area contributed by atoms with E-state index >= 15 is 0 Å². The van der Waals surface area contributed by atoms with Crippen molar-refractivity contribution in [3.63, 3.8) is 0 Å². The van der Waals surface area contributed by atoms with Crippen molar-refractivity contribution < 1.29 is 14.7 Å². The van der Waals surface area contributed by atoms with Gasteiger partial charge in [0.25, 0.3) is 0 Å². The molecule has 0 aliphatic rings. The highest BCUT2D eigenvalue weighted by atomic mass is 32.1.